The van der Waals surface area contributed by atoms with Gasteiger partial charge < -0.3 is 24.8 Å². The van der Waals surface area contributed by atoms with Gasteiger partial charge in [0, 0.05) is 0 Å². The Morgan fingerprint density at radius 3 is 1.18 bits per heavy atom. The Balaban J connectivity index is 1.92. The van der Waals surface area contributed by atoms with Gasteiger partial charge in [-0.2, -0.15) is 52.7 Å². The minimum Gasteiger partial charge on any atom is -0.490 e. The molecule has 0 aliphatic rings. The highest BCUT2D eigenvalue weighted by Gasteiger charge is 2.71. The molecule has 0 heterocycles. The van der Waals surface area contributed by atoms with Crippen LogP contribution in [0.1, 0.15) is 25.8 Å². The van der Waals surface area contributed by atoms with E-state index in [-0.39, 0.29) is 12.2 Å². The Labute approximate surface area is 274 Å². The third-order valence-corrected chi connectivity index (χ3v) is 9.54. The molecule has 5 nitrogen and oxygen atoms in total. The largest absolute Gasteiger partial charge is 0.490 e. The normalized spacial score (nSPS) is 16.4. The van der Waals surface area contributed by atoms with E-state index in [2.05, 4.69) is 4.74 Å². The molecule has 18 heteroatoms. The molecule has 0 amide bonds. The first-order chi connectivity index (χ1) is 22.2. The third-order valence-electron chi connectivity index (χ3n) is 7.31. The Hall–Kier alpha value is -3.35. The van der Waals surface area contributed by atoms with E-state index in [4.69, 9.17) is 4.74 Å². The molecular weight excluding hydrogens is 712 g/mol. The average molecular weight is 742 g/mol. The Bertz CT molecular complexity index is 1430. The van der Waals surface area contributed by atoms with E-state index < -0.39 is 77.8 Å². The van der Waals surface area contributed by atoms with E-state index in [0.29, 0.717) is 34.1 Å². The van der Waals surface area contributed by atoms with Gasteiger partial charge in [0.25, 0.3) is 5.60 Å². The first-order valence-corrected chi connectivity index (χ1v) is 15.1. The number of benzene rings is 3. The van der Waals surface area contributed by atoms with E-state index in [0.717, 1.165) is 12.1 Å². The van der Waals surface area contributed by atoms with E-state index in [1.165, 1.54) is 48.5 Å². The zero-order chi connectivity index (χ0) is 37.3. The lowest BCUT2D eigenvalue weighted by molar-refractivity contribution is -0.373. The molecule has 3 unspecified atom stereocenters. The van der Waals surface area contributed by atoms with Gasteiger partial charge in [-0.15, -0.1) is 0 Å². The van der Waals surface area contributed by atoms with Crippen LogP contribution in [0.3, 0.4) is 0 Å². The van der Waals surface area contributed by atoms with Gasteiger partial charge in [0.1, 0.15) is 24.7 Å². The fourth-order valence-corrected chi connectivity index (χ4v) is 5.93. The van der Waals surface area contributed by atoms with Crippen molar-refractivity contribution in [2.24, 2.45) is 0 Å². The summed E-state index contributed by atoms with van der Waals surface area (Å²) >= 11 is 0. The second kappa shape index (κ2) is 14.1. The van der Waals surface area contributed by atoms with Crippen molar-refractivity contribution in [1.29, 1.82) is 0 Å². The number of hydrogen-bond donors (Lipinski definition) is 3. The summed E-state index contributed by atoms with van der Waals surface area (Å²) in [5, 5.41) is 28.7. The van der Waals surface area contributed by atoms with Crippen molar-refractivity contribution in [3.63, 3.8) is 0 Å². The van der Waals surface area contributed by atoms with Crippen LogP contribution >= 0.6 is 0 Å². The standard InChI is InChI=1S/C31H29F12O5S/c1-25(44,28(32,33)34)16-15-19-3-9-22(10-4-19)49(23-11-5-20(6-12-23)47-17-26(2,45)29(35,36)37)24-13-7-21(8-14-24)48-18-27(46,30(38,39)40)31(41,42)43/h3-14,44-46H,15-18H2,1-2H3/q+1. The van der Waals surface area contributed by atoms with Gasteiger partial charge >= 0.3 is 24.7 Å². The molecule has 0 aliphatic carbocycles. The summed E-state index contributed by atoms with van der Waals surface area (Å²) in [6.45, 7) is -2.18. The maximum absolute atomic E-state index is 13.1. The van der Waals surface area contributed by atoms with Crippen molar-refractivity contribution in [3.8, 4) is 11.5 Å². The highest BCUT2D eigenvalue weighted by molar-refractivity contribution is 7.97. The minimum absolute atomic E-state index is 0.0607. The zero-order valence-corrected chi connectivity index (χ0v) is 26.2. The van der Waals surface area contributed by atoms with Gasteiger partial charge in [-0.25, -0.2) is 0 Å². The fourth-order valence-electron chi connectivity index (χ4n) is 3.89. The lowest BCUT2D eigenvalue weighted by atomic mass is 9.96. The maximum atomic E-state index is 13.1. The average Bonchev–Trinajstić information content (AvgIpc) is 2.97. The number of rotatable bonds is 12. The summed E-state index contributed by atoms with van der Waals surface area (Å²) < 4.78 is 166. The Kier molecular flexibility index (Phi) is 11.5. The van der Waals surface area contributed by atoms with Crippen molar-refractivity contribution in [2.45, 2.75) is 82.9 Å². The molecule has 0 aliphatic heterocycles. The summed E-state index contributed by atoms with van der Waals surface area (Å²) in [7, 11) is -1.14. The Morgan fingerprint density at radius 2 is 0.837 bits per heavy atom. The van der Waals surface area contributed by atoms with Crippen LogP contribution in [-0.4, -0.2) is 70.0 Å². The van der Waals surface area contributed by atoms with E-state index in [1.54, 1.807) is 12.1 Å². The number of halogens is 12. The molecule has 0 aromatic heterocycles. The predicted molar refractivity (Wildman–Crippen MR) is 151 cm³/mol. The highest BCUT2D eigenvalue weighted by atomic mass is 32.2. The quantitative estimate of drug-likeness (QED) is 0.130. The summed E-state index contributed by atoms with van der Waals surface area (Å²) in [6.07, 6.45) is -22.9. The van der Waals surface area contributed by atoms with Gasteiger partial charge in [-0.3, -0.25) is 0 Å². The molecule has 0 bridgehead atoms. The van der Waals surface area contributed by atoms with Gasteiger partial charge in [-0.1, -0.05) is 12.1 Å². The predicted octanol–water partition coefficient (Wildman–Crippen LogP) is 7.95. The SMILES string of the molecule is CC(O)(CCc1ccc([S+](c2ccc(OCC(C)(O)C(F)(F)F)cc2)c2ccc(OCC(O)(C(F)(F)F)C(F)(F)F)cc2)cc1)C(F)(F)F. The van der Waals surface area contributed by atoms with E-state index in [1.807, 2.05) is 0 Å². The minimum atomic E-state index is -6.11. The molecule has 0 saturated heterocycles. The summed E-state index contributed by atoms with van der Waals surface area (Å²) in [6, 6.07) is 16.3. The topological polar surface area (TPSA) is 79.2 Å². The second-order valence-corrected chi connectivity index (χ2v) is 13.4. The fraction of sp³-hybridized carbons (Fsp3) is 0.419. The van der Waals surface area contributed by atoms with E-state index >= 15 is 0 Å². The van der Waals surface area contributed by atoms with Crippen LogP contribution in [0.4, 0.5) is 52.7 Å². The van der Waals surface area contributed by atoms with Crippen molar-refractivity contribution >= 4 is 10.9 Å². The first-order valence-electron chi connectivity index (χ1n) is 13.9. The van der Waals surface area contributed by atoms with Crippen LogP contribution in [0.25, 0.3) is 0 Å². The van der Waals surface area contributed by atoms with Crippen LogP contribution in [-0.2, 0) is 17.3 Å². The molecule has 0 saturated carbocycles. The van der Waals surface area contributed by atoms with Gasteiger partial charge in [0.15, 0.2) is 25.9 Å². The van der Waals surface area contributed by atoms with Gasteiger partial charge in [0.05, 0.1) is 10.9 Å². The number of ether oxygens (including phenoxy) is 2. The number of aliphatic hydroxyl groups is 3. The number of hydrogen-bond acceptors (Lipinski definition) is 5. The lowest BCUT2D eigenvalue weighted by Crippen LogP contribution is -2.60. The molecule has 0 fully saturated rings. The van der Waals surface area contributed by atoms with Crippen LogP contribution < -0.4 is 9.47 Å². The monoisotopic (exact) mass is 741 g/mol. The number of alkyl halides is 12. The van der Waals surface area contributed by atoms with Gasteiger partial charge in [-0.05, 0) is 92.9 Å². The molecule has 3 aromatic rings. The first kappa shape index (κ1) is 40.1. The highest BCUT2D eigenvalue weighted by Crippen LogP contribution is 2.43. The van der Waals surface area contributed by atoms with Crippen molar-refractivity contribution in [3.05, 3.63) is 78.4 Å². The summed E-state index contributed by atoms with van der Waals surface area (Å²) in [5.41, 5.74) is -10.9. The lowest BCUT2D eigenvalue weighted by Gasteiger charge is -2.31. The van der Waals surface area contributed by atoms with Crippen LogP contribution in [0.2, 0.25) is 0 Å². The Morgan fingerprint density at radius 1 is 0.490 bits per heavy atom. The molecule has 0 radical (unpaired) electrons. The molecule has 272 valence electrons. The second-order valence-electron chi connectivity index (χ2n) is 11.4. The molecule has 49 heavy (non-hydrogen) atoms. The molecule has 3 rings (SSSR count). The van der Waals surface area contributed by atoms with Crippen molar-refractivity contribution in [1.82, 2.24) is 0 Å². The smallest absolute Gasteiger partial charge is 0.429 e. The van der Waals surface area contributed by atoms with Crippen molar-refractivity contribution in [2.75, 3.05) is 13.2 Å². The molecule has 3 atom stereocenters. The van der Waals surface area contributed by atoms with Crippen LogP contribution in [0.15, 0.2) is 87.5 Å². The zero-order valence-electron chi connectivity index (χ0n) is 25.4. The van der Waals surface area contributed by atoms with Crippen molar-refractivity contribution < 1.29 is 77.5 Å². The van der Waals surface area contributed by atoms with Gasteiger partial charge in [0.2, 0.25) is 0 Å². The molecule has 3 N–H and O–H groups in total. The van der Waals surface area contributed by atoms with Crippen LogP contribution in [0.5, 0.6) is 11.5 Å². The molecule has 0 spiro atoms. The van der Waals surface area contributed by atoms with E-state index in [9.17, 15) is 68.0 Å². The molecule has 3 aromatic carbocycles. The molecular formula is C31H29F12O5S+. The van der Waals surface area contributed by atoms with Crippen LogP contribution in [0, 0.1) is 0 Å². The third kappa shape index (κ3) is 9.46. The summed E-state index contributed by atoms with van der Waals surface area (Å²) in [5.74, 6) is -0.527. The number of aryl methyl sites for hydroxylation is 1. The maximum Gasteiger partial charge on any atom is 0.429 e. The summed E-state index contributed by atoms with van der Waals surface area (Å²) in [4.78, 5) is 1.38.